The first-order valence-electron chi connectivity index (χ1n) is 14.6. The number of hydrogen-bond donors (Lipinski definition) is 0. The highest BCUT2D eigenvalue weighted by atomic mass is 32.1. The van der Waals surface area contributed by atoms with Crippen LogP contribution in [0, 0.1) is 0 Å². The molecule has 0 N–H and O–H groups in total. The lowest BCUT2D eigenvalue weighted by atomic mass is 9.99. The van der Waals surface area contributed by atoms with E-state index in [1.807, 2.05) is 48.8 Å². The molecule has 0 bridgehead atoms. The Kier molecular flexibility index (Phi) is 6.11. The van der Waals surface area contributed by atoms with E-state index < -0.39 is 0 Å². The van der Waals surface area contributed by atoms with E-state index in [2.05, 4.69) is 101 Å². The van der Waals surface area contributed by atoms with Gasteiger partial charge in [0.1, 0.15) is 16.2 Å². The molecule has 4 aromatic heterocycles. The molecule has 45 heavy (non-hydrogen) atoms. The van der Waals surface area contributed by atoms with Crippen molar-refractivity contribution < 1.29 is 0 Å². The molecule has 7 heteroatoms. The third-order valence-electron chi connectivity index (χ3n) is 8.00. The smallest absolute Gasteiger partial charge is 0.160 e. The average Bonchev–Trinajstić information content (AvgIpc) is 3.82. The van der Waals surface area contributed by atoms with Crippen LogP contribution in [0.1, 0.15) is 0 Å². The second-order valence-corrected chi connectivity index (χ2v) is 12.7. The molecule has 0 radical (unpaired) electrons. The number of hydrogen-bond acceptors (Lipinski definition) is 6. The minimum atomic E-state index is 0.693. The molecule has 0 unspecified atom stereocenters. The second-order valence-electron chi connectivity index (χ2n) is 10.7. The van der Waals surface area contributed by atoms with Crippen LogP contribution in [-0.2, 0) is 0 Å². The van der Waals surface area contributed by atoms with Crippen molar-refractivity contribution in [3.05, 3.63) is 140 Å². The van der Waals surface area contributed by atoms with Gasteiger partial charge in [-0.2, -0.15) is 0 Å². The molecule has 9 rings (SSSR count). The van der Waals surface area contributed by atoms with E-state index in [1.165, 1.54) is 14.8 Å². The van der Waals surface area contributed by atoms with Crippen LogP contribution in [0.3, 0.4) is 0 Å². The van der Waals surface area contributed by atoms with Crippen LogP contribution in [-0.4, -0.2) is 24.5 Å². The fraction of sp³-hybridized carbons (Fsp3) is 0. The predicted octanol–water partition coefficient (Wildman–Crippen LogP) is 10.3. The topological polar surface area (TPSA) is 56.5 Å². The predicted molar refractivity (Wildman–Crippen MR) is 187 cm³/mol. The summed E-state index contributed by atoms with van der Waals surface area (Å²) in [6.45, 7) is 0. The molecule has 0 atom stereocenters. The Morgan fingerprint density at radius 1 is 0.511 bits per heavy atom. The molecule has 0 aliphatic heterocycles. The number of aromatic nitrogens is 5. The van der Waals surface area contributed by atoms with Crippen LogP contribution in [0.25, 0.3) is 80.8 Å². The molecule has 0 saturated carbocycles. The minimum Gasteiger partial charge on any atom is -0.297 e. The molecule has 0 fully saturated rings. The Hall–Kier alpha value is -5.50. The zero-order valence-corrected chi connectivity index (χ0v) is 25.5. The number of benzene rings is 5. The van der Waals surface area contributed by atoms with Gasteiger partial charge in [0, 0.05) is 22.1 Å². The van der Waals surface area contributed by atoms with Gasteiger partial charge < -0.3 is 0 Å². The Balaban J connectivity index is 1.30. The minimum absolute atomic E-state index is 0.693. The summed E-state index contributed by atoms with van der Waals surface area (Å²) >= 11 is 3.43. The number of fused-ring (bicyclic) bond motifs is 4. The number of thiazole rings is 1. The van der Waals surface area contributed by atoms with Crippen molar-refractivity contribution in [2.45, 2.75) is 0 Å². The van der Waals surface area contributed by atoms with Crippen LogP contribution in [0.15, 0.2) is 140 Å². The summed E-state index contributed by atoms with van der Waals surface area (Å²) in [4.78, 5) is 21.4. The quantitative estimate of drug-likeness (QED) is 0.194. The van der Waals surface area contributed by atoms with Crippen molar-refractivity contribution in [3.63, 3.8) is 0 Å². The number of para-hydroxylation sites is 2. The van der Waals surface area contributed by atoms with Gasteiger partial charge in [0.25, 0.3) is 0 Å². The number of nitrogens with zero attached hydrogens (tertiary/aromatic N) is 5. The molecule has 4 heterocycles. The van der Waals surface area contributed by atoms with Crippen LogP contribution in [0.2, 0.25) is 0 Å². The molecule has 0 aliphatic carbocycles. The Bertz CT molecular complexity index is 2420. The average molecular weight is 614 g/mol. The summed E-state index contributed by atoms with van der Waals surface area (Å²) in [5.74, 6) is 0.693. The molecule has 5 aromatic carbocycles. The third kappa shape index (κ3) is 4.36. The Morgan fingerprint density at radius 2 is 1.13 bits per heavy atom. The fourth-order valence-electron chi connectivity index (χ4n) is 5.89. The van der Waals surface area contributed by atoms with E-state index in [-0.39, 0.29) is 0 Å². The van der Waals surface area contributed by atoms with Crippen LogP contribution >= 0.6 is 22.7 Å². The van der Waals surface area contributed by atoms with Gasteiger partial charge in [-0.3, -0.25) is 4.57 Å². The van der Waals surface area contributed by atoms with Gasteiger partial charge in [-0.25, -0.2) is 19.9 Å². The summed E-state index contributed by atoms with van der Waals surface area (Å²) in [5, 5.41) is 2.10. The molecule has 0 spiro atoms. The lowest BCUT2D eigenvalue weighted by molar-refractivity contribution is 1.11. The van der Waals surface area contributed by atoms with E-state index in [0.717, 1.165) is 60.2 Å². The Morgan fingerprint density at radius 3 is 1.82 bits per heavy atom. The first-order chi connectivity index (χ1) is 22.3. The highest BCUT2D eigenvalue weighted by molar-refractivity contribution is 7.33. The van der Waals surface area contributed by atoms with E-state index >= 15 is 0 Å². The maximum absolute atomic E-state index is 5.31. The zero-order chi connectivity index (χ0) is 29.7. The van der Waals surface area contributed by atoms with Gasteiger partial charge in [-0.1, -0.05) is 115 Å². The molecule has 212 valence electrons. The molecule has 5 nitrogen and oxygen atoms in total. The molecule has 0 amide bonds. The van der Waals surface area contributed by atoms with Crippen molar-refractivity contribution in [2.75, 3.05) is 0 Å². The van der Waals surface area contributed by atoms with Gasteiger partial charge >= 0.3 is 0 Å². The van der Waals surface area contributed by atoms with Crippen molar-refractivity contribution >= 4 is 53.3 Å². The van der Waals surface area contributed by atoms with Crippen molar-refractivity contribution in [1.29, 1.82) is 0 Å². The lowest BCUT2D eigenvalue weighted by Gasteiger charge is -2.15. The standard InChI is InChI=1S/C38H23N5S2/c1-4-13-24(14-5-1)32-31(33(25-15-6-2-7-16-25)41-36(40-32)26-17-8-3-9-18-26)37-42-38-35(45-37)27-19-12-22-30(34(27)44-38)43-23-39-28-20-10-11-21-29(28)43/h1-23H. The first kappa shape index (κ1) is 25.9. The third-order valence-corrected chi connectivity index (χ3v) is 10.4. The van der Waals surface area contributed by atoms with Crippen molar-refractivity contribution in [1.82, 2.24) is 24.5 Å². The highest BCUT2D eigenvalue weighted by Crippen LogP contribution is 2.47. The largest absolute Gasteiger partial charge is 0.297 e. The summed E-state index contributed by atoms with van der Waals surface area (Å²) < 4.78 is 4.54. The molecule has 9 aromatic rings. The normalized spacial score (nSPS) is 11.6. The van der Waals surface area contributed by atoms with Gasteiger partial charge in [0.2, 0.25) is 0 Å². The van der Waals surface area contributed by atoms with Crippen LogP contribution < -0.4 is 0 Å². The summed E-state index contributed by atoms with van der Waals surface area (Å²) in [7, 11) is 0. The maximum Gasteiger partial charge on any atom is 0.160 e. The van der Waals surface area contributed by atoms with Gasteiger partial charge in [-0.15, -0.1) is 22.7 Å². The lowest BCUT2D eigenvalue weighted by Crippen LogP contribution is -2.00. The molecule has 0 saturated heterocycles. The fourth-order valence-corrected chi connectivity index (χ4v) is 8.39. The van der Waals surface area contributed by atoms with Crippen LogP contribution in [0.5, 0.6) is 0 Å². The van der Waals surface area contributed by atoms with Gasteiger partial charge in [0.05, 0.1) is 43.1 Å². The summed E-state index contributed by atoms with van der Waals surface area (Å²) in [6.07, 6.45) is 1.91. The molecular formula is C38H23N5S2. The highest BCUT2D eigenvalue weighted by Gasteiger charge is 2.24. The summed E-state index contributed by atoms with van der Waals surface area (Å²) in [6, 6.07) is 45.7. The van der Waals surface area contributed by atoms with E-state index in [9.17, 15) is 0 Å². The SMILES string of the molecule is c1ccc(-c2nc(-c3ccccc3)c(-c3nc4sc5c(-n6cnc7ccccc76)cccc5c4s3)c(-c3ccccc3)n2)cc1. The number of thiophene rings is 1. The van der Waals surface area contributed by atoms with Crippen LogP contribution in [0.4, 0.5) is 0 Å². The number of imidazole rings is 1. The first-order valence-corrected chi connectivity index (χ1v) is 16.3. The van der Waals surface area contributed by atoms with Crippen molar-refractivity contribution in [3.8, 4) is 50.2 Å². The summed E-state index contributed by atoms with van der Waals surface area (Å²) in [5.41, 5.74) is 8.92. The van der Waals surface area contributed by atoms with Gasteiger partial charge in [-0.05, 0) is 18.2 Å². The number of rotatable bonds is 5. The molecule has 0 aliphatic rings. The zero-order valence-electron chi connectivity index (χ0n) is 23.8. The van der Waals surface area contributed by atoms with E-state index in [4.69, 9.17) is 15.0 Å². The second kappa shape index (κ2) is 10.6. The van der Waals surface area contributed by atoms with Crippen molar-refractivity contribution in [2.24, 2.45) is 0 Å². The Labute approximate surface area is 266 Å². The van der Waals surface area contributed by atoms with E-state index in [0.29, 0.717) is 5.82 Å². The van der Waals surface area contributed by atoms with Gasteiger partial charge in [0.15, 0.2) is 5.82 Å². The maximum atomic E-state index is 5.31. The van der Waals surface area contributed by atoms with E-state index in [1.54, 1.807) is 22.7 Å². The molecular weight excluding hydrogens is 591 g/mol. The monoisotopic (exact) mass is 613 g/mol.